The van der Waals surface area contributed by atoms with Crippen LogP contribution in [0.15, 0.2) is 0 Å². The molecule has 5 nitrogen and oxygen atoms in total. The smallest absolute Gasteiger partial charge is 0.333 e. The Kier molecular flexibility index (Phi) is 5.87. The number of hydrogen-bond donors (Lipinski definition) is 1. The van der Waals surface area contributed by atoms with E-state index < -0.39 is 6.16 Å². The number of rotatable bonds is 1. The second-order valence-corrected chi connectivity index (χ2v) is 3.17. The van der Waals surface area contributed by atoms with Crippen LogP contribution in [0.3, 0.4) is 0 Å². The first-order valence-electron chi connectivity index (χ1n) is 4.67. The van der Waals surface area contributed by atoms with E-state index in [1.54, 1.807) is 4.90 Å². The number of ether oxygens (including phenoxy) is 1. The zero-order valence-corrected chi connectivity index (χ0v) is 9.29. The normalized spacial score (nSPS) is 20.1. The molecule has 0 spiro atoms. The minimum atomic E-state index is -1.50. The van der Waals surface area contributed by atoms with Crippen LogP contribution in [0, 0.1) is 0 Å². The van der Waals surface area contributed by atoms with E-state index >= 15 is 0 Å². The topological polar surface area (TPSA) is 56.8 Å². The van der Waals surface area contributed by atoms with Gasteiger partial charge in [0.15, 0.2) is 6.54 Å². The van der Waals surface area contributed by atoms with Gasteiger partial charge in [0.05, 0.1) is 13.5 Å². The molecule has 0 saturated heterocycles. The number of quaternary nitrogens is 1. The lowest BCUT2D eigenvalue weighted by molar-refractivity contribution is -0.799. The van der Waals surface area contributed by atoms with Gasteiger partial charge in [-0.05, 0) is 6.92 Å². The van der Waals surface area contributed by atoms with Crippen LogP contribution in [0.25, 0.3) is 0 Å². The maximum Gasteiger partial charge on any atom is 0.333 e. The zero-order valence-electron chi connectivity index (χ0n) is 9.29. The zero-order chi connectivity index (χ0) is 11.1. The molecule has 1 aliphatic heterocycles. The molecule has 1 atom stereocenters. The standard InChI is InChI=1S/C7H15N2.C2H4O3/c1-4-9-6-5-8(3)7(9)2;1-5-2(3)4/h4-6H2,1-3H3;1H3,(H,3,4)/q+1;. The van der Waals surface area contributed by atoms with Crippen LogP contribution in [-0.2, 0) is 4.74 Å². The van der Waals surface area contributed by atoms with E-state index in [-0.39, 0.29) is 0 Å². The minimum Gasteiger partial charge on any atom is -0.553 e. The third-order valence-electron chi connectivity index (χ3n) is 2.43. The molecule has 14 heavy (non-hydrogen) atoms. The van der Waals surface area contributed by atoms with Gasteiger partial charge in [-0.25, -0.2) is 4.90 Å². The van der Waals surface area contributed by atoms with Crippen LogP contribution in [0.2, 0.25) is 0 Å². The van der Waals surface area contributed by atoms with Crippen LogP contribution in [-0.4, -0.2) is 50.4 Å². The highest BCUT2D eigenvalue weighted by Crippen LogP contribution is 1.74. The van der Waals surface area contributed by atoms with E-state index in [0.29, 0.717) is 0 Å². The third kappa shape index (κ3) is 4.23. The fourth-order valence-corrected chi connectivity index (χ4v) is 1.35. The largest absolute Gasteiger partial charge is 0.553 e. The number of carbonyl (C=O) groups excluding carboxylic acids is 1. The second kappa shape index (κ2) is 6.37. The molecule has 1 N–H and O–H groups in total. The van der Waals surface area contributed by atoms with Crippen LogP contribution >= 0.6 is 0 Å². The van der Waals surface area contributed by atoms with Gasteiger partial charge in [0, 0.05) is 7.11 Å². The molecular weight excluding hydrogens is 184 g/mol. The van der Waals surface area contributed by atoms with Crippen molar-refractivity contribution in [2.75, 3.05) is 33.8 Å². The van der Waals surface area contributed by atoms with Gasteiger partial charge in [0.1, 0.15) is 13.6 Å². The minimum absolute atomic E-state index is 1.04. The lowest BCUT2D eigenvalue weighted by atomic mass is 10.5. The summed E-state index contributed by atoms with van der Waals surface area (Å²) in [4.78, 5) is 10.7. The molecule has 5 heteroatoms. The van der Waals surface area contributed by atoms with E-state index in [2.05, 4.69) is 30.2 Å². The molecule has 0 amide bonds. The van der Waals surface area contributed by atoms with Gasteiger partial charge in [-0.1, -0.05) is 0 Å². The fourth-order valence-electron chi connectivity index (χ4n) is 1.35. The van der Waals surface area contributed by atoms with Crippen LogP contribution in [0.1, 0.15) is 13.8 Å². The van der Waals surface area contributed by atoms with Gasteiger partial charge >= 0.3 is 5.84 Å². The van der Waals surface area contributed by atoms with E-state index in [1.165, 1.54) is 25.5 Å². The molecular formula is C9H19N2O3+. The molecule has 1 aliphatic rings. The molecule has 1 rings (SSSR count). The molecule has 1 heterocycles. The van der Waals surface area contributed by atoms with Crippen molar-refractivity contribution >= 4 is 12.0 Å². The van der Waals surface area contributed by atoms with Gasteiger partial charge in [-0.15, -0.1) is 0 Å². The SMILES string of the molecule is CC[NH+]1CC[N+](C)=C1C.COC(=O)[O-]. The molecule has 0 radical (unpaired) electrons. The van der Waals surface area contributed by atoms with Gasteiger partial charge in [0.2, 0.25) is 0 Å². The predicted octanol–water partition coefficient (Wildman–Crippen LogP) is -2.06. The first-order chi connectivity index (χ1) is 6.52. The Bertz CT molecular complexity index is 226. The molecule has 0 aromatic heterocycles. The summed E-state index contributed by atoms with van der Waals surface area (Å²) in [5.74, 6) is 1.50. The quantitative estimate of drug-likeness (QED) is 0.394. The summed E-state index contributed by atoms with van der Waals surface area (Å²) in [5.41, 5.74) is 0. The van der Waals surface area contributed by atoms with Gasteiger partial charge in [0.25, 0.3) is 6.16 Å². The lowest BCUT2D eigenvalue weighted by Gasteiger charge is -2.01. The second-order valence-electron chi connectivity index (χ2n) is 3.17. The average Bonchev–Trinajstić information content (AvgIpc) is 2.48. The first-order valence-corrected chi connectivity index (χ1v) is 4.67. The van der Waals surface area contributed by atoms with Gasteiger partial charge in [-0.2, -0.15) is 4.58 Å². The number of likely N-dealkylation sites (N-methyl/N-ethyl adjacent to an activating group) is 2. The maximum absolute atomic E-state index is 9.03. The Morgan fingerprint density at radius 3 is 2.36 bits per heavy atom. The first kappa shape index (κ1) is 12.9. The molecule has 0 aliphatic carbocycles. The Labute approximate surface area is 84.6 Å². The van der Waals surface area contributed by atoms with Crippen LogP contribution in [0.4, 0.5) is 4.79 Å². The van der Waals surface area contributed by atoms with Gasteiger partial charge < -0.3 is 14.6 Å². The molecule has 0 bridgehead atoms. The number of hydrogen-bond acceptors (Lipinski definition) is 3. The number of methoxy groups -OCH3 is 1. The van der Waals surface area contributed by atoms with Crippen LogP contribution in [0.5, 0.6) is 0 Å². The summed E-state index contributed by atoms with van der Waals surface area (Å²) >= 11 is 0. The van der Waals surface area contributed by atoms with Crippen molar-refractivity contribution in [2.45, 2.75) is 13.8 Å². The van der Waals surface area contributed by atoms with Crippen molar-refractivity contribution in [3.05, 3.63) is 0 Å². The van der Waals surface area contributed by atoms with Crippen molar-refractivity contribution in [3.8, 4) is 0 Å². The van der Waals surface area contributed by atoms with Crippen LogP contribution < -0.4 is 10.0 Å². The highest BCUT2D eigenvalue weighted by atomic mass is 16.6. The number of carbonyl (C=O) groups is 1. The van der Waals surface area contributed by atoms with Crippen molar-refractivity contribution in [2.24, 2.45) is 0 Å². The highest BCUT2D eigenvalue weighted by molar-refractivity contribution is 5.65. The van der Waals surface area contributed by atoms with E-state index in [0.717, 1.165) is 7.11 Å². The van der Waals surface area contributed by atoms with E-state index in [1.807, 2.05) is 0 Å². The molecule has 82 valence electrons. The highest BCUT2D eigenvalue weighted by Gasteiger charge is 2.26. The number of nitrogens with zero attached hydrogens (tertiary/aromatic N) is 1. The predicted molar refractivity (Wildman–Crippen MR) is 50.5 cm³/mol. The average molecular weight is 203 g/mol. The Morgan fingerprint density at radius 2 is 2.21 bits per heavy atom. The van der Waals surface area contributed by atoms with Crippen molar-refractivity contribution < 1.29 is 24.1 Å². The number of amidine groups is 1. The van der Waals surface area contributed by atoms with Crippen molar-refractivity contribution in [1.29, 1.82) is 0 Å². The summed E-state index contributed by atoms with van der Waals surface area (Å²) in [5, 5.41) is 9.03. The summed E-state index contributed by atoms with van der Waals surface area (Å²) in [6.07, 6.45) is -1.50. The van der Waals surface area contributed by atoms with Gasteiger partial charge in [-0.3, -0.25) is 0 Å². The van der Waals surface area contributed by atoms with Crippen molar-refractivity contribution in [3.63, 3.8) is 0 Å². The molecule has 0 aromatic carbocycles. The Hall–Kier alpha value is -1.10. The van der Waals surface area contributed by atoms with E-state index in [9.17, 15) is 0 Å². The summed E-state index contributed by atoms with van der Waals surface area (Å²) in [6.45, 7) is 8.20. The fraction of sp³-hybridized carbons (Fsp3) is 0.778. The Balaban J connectivity index is 0.000000292. The van der Waals surface area contributed by atoms with E-state index in [4.69, 9.17) is 9.90 Å². The molecule has 1 unspecified atom stereocenters. The lowest BCUT2D eigenvalue weighted by Crippen LogP contribution is -3.12. The number of nitrogens with one attached hydrogen (secondary N) is 1. The maximum atomic E-state index is 9.03. The Morgan fingerprint density at radius 1 is 1.71 bits per heavy atom. The summed E-state index contributed by atoms with van der Waals surface area (Å²) < 4.78 is 5.89. The number of carboxylic acid groups (broad SMARTS) is 1. The monoisotopic (exact) mass is 203 g/mol. The van der Waals surface area contributed by atoms with Crippen molar-refractivity contribution in [1.82, 2.24) is 0 Å². The molecule has 0 fully saturated rings. The third-order valence-corrected chi connectivity index (χ3v) is 2.43. The summed E-state index contributed by atoms with van der Waals surface area (Å²) in [7, 11) is 3.20. The molecule has 0 saturated carbocycles. The summed E-state index contributed by atoms with van der Waals surface area (Å²) in [6, 6.07) is 0. The molecule has 0 aromatic rings.